The molecule has 1 aliphatic heterocycles. The van der Waals surface area contributed by atoms with Crippen molar-refractivity contribution in [2.75, 3.05) is 31.6 Å². The summed E-state index contributed by atoms with van der Waals surface area (Å²) in [4.78, 5) is 23.7. The molecule has 1 N–H and O–H groups in total. The van der Waals surface area contributed by atoms with E-state index < -0.39 is 0 Å². The monoisotopic (exact) mass is 435 g/mol. The minimum Gasteiger partial charge on any atom is -0.492 e. The second-order valence-corrected chi connectivity index (χ2v) is 8.19. The van der Waals surface area contributed by atoms with Gasteiger partial charge in [-0.15, -0.1) is 0 Å². The third kappa shape index (κ3) is 5.31. The Morgan fingerprint density at radius 2 is 1.88 bits per heavy atom. The van der Waals surface area contributed by atoms with E-state index in [2.05, 4.69) is 25.3 Å². The molecule has 168 valence electrons. The molecule has 0 unspecified atom stereocenters. The molecule has 0 bridgehead atoms. The molecule has 3 aromatic rings. The first-order valence-electron chi connectivity index (χ1n) is 11.0. The summed E-state index contributed by atoms with van der Waals surface area (Å²) >= 11 is 0. The van der Waals surface area contributed by atoms with Crippen molar-refractivity contribution in [3.63, 3.8) is 0 Å². The van der Waals surface area contributed by atoms with E-state index >= 15 is 0 Å². The van der Waals surface area contributed by atoms with E-state index in [9.17, 15) is 4.79 Å². The zero-order chi connectivity index (χ0) is 22.5. The van der Waals surface area contributed by atoms with Crippen LogP contribution in [-0.4, -0.2) is 52.2 Å². The van der Waals surface area contributed by atoms with Crippen molar-refractivity contribution >= 4 is 11.6 Å². The number of carbonyl (C=O) groups is 1. The number of hydrogen-bond acceptors (Lipinski definition) is 7. The van der Waals surface area contributed by atoms with E-state index in [1.807, 2.05) is 39.0 Å². The lowest BCUT2D eigenvalue weighted by Gasteiger charge is -2.18. The fourth-order valence-electron chi connectivity index (χ4n) is 4.07. The van der Waals surface area contributed by atoms with Gasteiger partial charge in [-0.2, -0.15) is 0 Å². The smallest absolute Gasteiger partial charge is 0.232 e. The van der Waals surface area contributed by atoms with Crippen LogP contribution in [0.5, 0.6) is 5.75 Å². The lowest BCUT2D eigenvalue weighted by molar-refractivity contribution is -0.115. The van der Waals surface area contributed by atoms with Crippen molar-refractivity contribution in [2.45, 2.75) is 40.0 Å². The van der Waals surface area contributed by atoms with Gasteiger partial charge in [0.05, 0.1) is 12.1 Å². The van der Waals surface area contributed by atoms with Crippen molar-refractivity contribution in [1.29, 1.82) is 0 Å². The molecule has 4 rings (SSSR count). The fraction of sp³-hybridized carbons (Fsp3) is 0.417. The Morgan fingerprint density at radius 1 is 1.12 bits per heavy atom. The Labute approximate surface area is 188 Å². The summed E-state index contributed by atoms with van der Waals surface area (Å²) in [5.41, 5.74) is 4.95. The zero-order valence-electron chi connectivity index (χ0n) is 18.9. The van der Waals surface area contributed by atoms with Crippen molar-refractivity contribution in [2.24, 2.45) is 0 Å². The maximum absolute atomic E-state index is 12.5. The summed E-state index contributed by atoms with van der Waals surface area (Å²) in [5.74, 6) is 1.12. The maximum Gasteiger partial charge on any atom is 0.232 e. The quantitative estimate of drug-likeness (QED) is 0.576. The van der Waals surface area contributed by atoms with Gasteiger partial charge in [-0.3, -0.25) is 9.69 Å². The molecule has 32 heavy (non-hydrogen) atoms. The van der Waals surface area contributed by atoms with Crippen LogP contribution in [0, 0.1) is 20.8 Å². The van der Waals surface area contributed by atoms with Crippen molar-refractivity contribution in [1.82, 2.24) is 20.0 Å². The average Bonchev–Trinajstić information content (AvgIpc) is 3.41. The number of aromatic nitrogens is 3. The Morgan fingerprint density at radius 3 is 2.56 bits per heavy atom. The highest BCUT2D eigenvalue weighted by molar-refractivity contribution is 5.93. The van der Waals surface area contributed by atoms with E-state index in [-0.39, 0.29) is 12.3 Å². The van der Waals surface area contributed by atoms with Gasteiger partial charge in [0.2, 0.25) is 5.91 Å². The number of aryl methyl sites for hydroxylation is 3. The Hall–Kier alpha value is -3.26. The van der Waals surface area contributed by atoms with Gasteiger partial charge in [-0.25, -0.2) is 9.97 Å². The minimum absolute atomic E-state index is 0.122. The van der Waals surface area contributed by atoms with Crippen LogP contribution < -0.4 is 10.1 Å². The molecule has 1 aliphatic rings. The molecule has 1 aromatic carbocycles. The van der Waals surface area contributed by atoms with E-state index in [0.717, 1.165) is 53.6 Å². The zero-order valence-corrected chi connectivity index (χ0v) is 18.9. The summed E-state index contributed by atoms with van der Waals surface area (Å²) in [6.45, 7) is 9.51. The lowest BCUT2D eigenvalue weighted by Crippen LogP contribution is -2.25. The molecular formula is C24H29N5O3. The highest BCUT2D eigenvalue weighted by Crippen LogP contribution is 2.35. The second-order valence-electron chi connectivity index (χ2n) is 8.19. The number of benzene rings is 1. The standard InChI is InChI=1S/C24H29N5O3/c1-16-12-20(32-28-16)14-23(30)27-19-6-7-22(31-11-10-29-8-4-5-9-29)21(13-19)24-17(2)25-15-26-18(24)3/h6-7,12-13,15H,4-5,8-11,14H2,1-3H3,(H,27,30). The number of nitrogens with one attached hydrogen (secondary N) is 1. The molecule has 0 aliphatic carbocycles. The van der Waals surface area contributed by atoms with Crippen LogP contribution in [0.15, 0.2) is 35.1 Å². The minimum atomic E-state index is -0.174. The number of likely N-dealkylation sites (tertiary alicyclic amines) is 1. The number of anilines is 1. The predicted octanol–water partition coefficient (Wildman–Crippen LogP) is 3.71. The van der Waals surface area contributed by atoms with Crippen LogP contribution in [0.2, 0.25) is 0 Å². The SMILES string of the molecule is Cc1cc(CC(=O)Nc2ccc(OCCN3CCCC3)c(-c3c(C)ncnc3C)c2)on1. The second kappa shape index (κ2) is 9.91. The molecule has 0 radical (unpaired) electrons. The molecule has 2 aromatic heterocycles. The number of hydrogen-bond donors (Lipinski definition) is 1. The summed E-state index contributed by atoms with van der Waals surface area (Å²) < 4.78 is 11.3. The number of ether oxygens (including phenoxy) is 1. The van der Waals surface area contributed by atoms with Gasteiger partial charge in [0.1, 0.15) is 24.4 Å². The number of nitrogens with zero attached hydrogens (tertiary/aromatic N) is 4. The maximum atomic E-state index is 12.5. The normalized spacial score (nSPS) is 14.0. The molecule has 1 amide bonds. The first-order chi connectivity index (χ1) is 15.5. The summed E-state index contributed by atoms with van der Waals surface area (Å²) in [5, 5.41) is 6.78. The Bertz CT molecular complexity index is 1070. The molecule has 0 saturated carbocycles. The van der Waals surface area contributed by atoms with Gasteiger partial charge in [-0.1, -0.05) is 5.16 Å². The number of carbonyl (C=O) groups excluding carboxylic acids is 1. The van der Waals surface area contributed by atoms with Gasteiger partial charge in [0.15, 0.2) is 0 Å². The molecular weight excluding hydrogens is 406 g/mol. The lowest BCUT2D eigenvalue weighted by atomic mass is 10.0. The number of amides is 1. The van der Waals surface area contributed by atoms with Crippen LogP contribution in [0.25, 0.3) is 11.1 Å². The van der Waals surface area contributed by atoms with Crippen LogP contribution in [0.4, 0.5) is 5.69 Å². The molecule has 0 atom stereocenters. The first kappa shape index (κ1) is 22.0. The molecule has 1 fully saturated rings. The molecule has 8 nitrogen and oxygen atoms in total. The Kier molecular flexibility index (Phi) is 6.80. The average molecular weight is 436 g/mol. The predicted molar refractivity (Wildman–Crippen MR) is 122 cm³/mol. The van der Waals surface area contributed by atoms with Crippen molar-refractivity contribution in [3.05, 3.63) is 53.4 Å². The van der Waals surface area contributed by atoms with Gasteiger partial charge >= 0.3 is 0 Å². The van der Waals surface area contributed by atoms with Crippen LogP contribution in [-0.2, 0) is 11.2 Å². The van der Waals surface area contributed by atoms with Gasteiger partial charge in [0.25, 0.3) is 0 Å². The summed E-state index contributed by atoms with van der Waals surface area (Å²) in [6, 6.07) is 7.44. The molecule has 8 heteroatoms. The Balaban J connectivity index is 1.55. The highest BCUT2D eigenvalue weighted by Gasteiger charge is 2.17. The van der Waals surface area contributed by atoms with E-state index in [4.69, 9.17) is 9.26 Å². The highest BCUT2D eigenvalue weighted by atomic mass is 16.5. The van der Waals surface area contributed by atoms with Gasteiger partial charge in [-0.05, 0) is 64.9 Å². The van der Waals surface area contributed by atoms with Gasteiger partial charge < -0.3 is 14.6 Å². The topological polar surface area (TPSA) is 93.4 Å². The third-order valence-corrected chi connectivity index (χ3v) is 5.63. The molecule has 3 heterocycles. The first-order valence-corrected chi connectivity index (χ1v) is 11.0. The molecule has 1 saturated heterocycles. The van der Waals surface area contributed by atoms with Crippen LogP contribution in [0.3, 0.4) is 0 Å². The van der Waals surface area contributed by atoms with E-state index in [0.29, 0.717) is 18.1 Å². The van der Waals surface area contributed by atoms with Crippen molar-refractivity contribution < 1.29 is 14.1 Å². The third-order valence-electron chi connectivity index (χ3n) is 5.63. The summed E-state index contributed by atoms with van der Waals surface area (Å²) in [6.07, 6.45) is 4.20. The molecule has 0 spiro atoms. The summed E-state index contributed by atoms with van der Waals surface area (Å²) in [7, 11) is 0. The van der Waals surface area contributed by atoms with Gasteiger partial charge in [0, 0.05) is 40.8 Å². The van der Waals surface area contributed by atoms with Crippen LogP contribution in [0.1, 0.15) is 35.7 Å². The van der Waals surface area contributed by atoms with Crippen molar-refractivity contribution in [3.8, 4) is 16.9 Å². The van der Waals surface area contributed by atoms with Crippen LogP contribution >= 0.6 is 0 Å². The largest absolute Gasteiger partial charge is 0.492 e. The fourth-order valence-corrected chi connectivity index (χ4v) is 4.07. The number of rotatable bonds is 8. The van der Waals surface area contributed by atoms with E-state index in [1.165, 1.54) is 12.8 Å². The van der Waals surface area contributed by atoms with E-state index in [1.54, 1.807) is 12.4 Å².